The van der Waals surface area contributed by atoms with E-state index in [0.29, 0.717) is 24.3 Å². The van der Waals surface area contributed by atoms with Crippen molar-refractivity contribution in [2.75, 3.05) is 13.2 Å². The van der Waals surface area contributed by atoms with Crippen LogP contribution < -0.4 is 0 Å². The summed E-state index contributed by atoms with van der Waals surface area (Å²) in [6.07, 6.45) is 7.11. The normalized spacial score (nSPS) is 15.9. The highest BCUT2D eigenvalue weighted by Gasteiger charge is 2.26. The molecule has 0 amide bonds. The van der Waals surface area contributed by atoms with Crippen molar-refractivity contribution in [2.45, 2.75) is 32.6 Å². The zero-order valence-corrected chi connectivity index (χ0v) is 15.5. The zero-order valence-electron chi connectivity index (χ0n) is 15.5. The van der Waals surface area contributed by atoms with Crippen molar-refractivity contribution in [3.05, 3.63) is 65.2 Å². The van der Waals surface area contributed by atoms with Gasteiger partial charge in [-0.05, 0) is 56.5 Å². The summed E-state index contributed by atoms with van der Waals surface area (Å²) in [6.45, 7) is 4.21. The molecule has 0 aromatic carbocycles. The molecule has 1 unspecified atom stereocenters. The molecule has 140 valence electrons. The Labute approximate surface area is 158 Å². The molecule has 0 fully saturated rings. The van der Waals surface area contributed by atoms with Crippen LogP contribution in [0, 0.1) is 0 Å². The molecule has 2 heterocycles. The minimum atomic E-state index is -0.362. The van der Waals surface area contributed by atoms with Crippen LogP contribution in [0.25, 0.3) is 5.57 Å². The van der Waals surface area contributed by atoms with Crippen molar-refractivity contribution in [3.63, 3.8) is 0 Å². The van der Waals surface area contributed by atoms with E-state index in [4.69, 9.17) is 9.47 Å². The smallest absolute Gasteiger partial charge is 0.338 e. The third-order valence-electron chi connectivity index (χ3n) is 4.41. The fraction of sp³-hybridized carbons (Fsp3) is 0.333. The minimum Gasteiger partial charge on any atom is -0.462 e. The molecule has 1 aliphatic carbocycles. The van der Waals surface area contributed by atoms with E-state index in [1.165, 1.54) is 0 Å². The Morgan fingerprint density at radius 2 is 1.63 bits per heavy atom. The Bertz CT molecular complexity index is 876. The summed E-state index contributed by atoms with van der Waals surface area (Å²) >= 11 is 0. The fourth-order valence-corrected chi connectivity index (χ4v) is 3.20. The fourth-order valence-electron chi connectivity index (χ4n) is 3.20. The molecule has 1 aliphatic rings. The van der Waals surface area contributed by atoms with E-state index in [2.05, 4.69) is 16.0 Å². The van der Waals surface area contributed by atoms with E-state index in [1.54, 1.807) is 50.5 Å². The van der Waals surface area contributed by atoms with Gasteiger partial charge in [0.2, 0.25) is 0 Å². The molecule has 3 rings (SSSR count). The number of carbonyl (C=O) groups excluding carboxylic acids is 2. The lowest BCUT2D eigenvalue weighted by molar-refractivity contribution is 0.0516. The average molecular weight is 366 g/mol. The molecule has 0 saturated carbocycles. The molecular formula is C21H22N2O4. The number of rotatable bonds is 6. The van der Waals surface area contributed by atoms with E-state index < -0.39 is 0 Å². The number of esters is 2. The standard InChI is InChI=1S/C21H22N2O4/c1-3-26-20(24)14-8-10-22-18(12-14)16-6-5-7-17(16)19-13-15(9-11-23-19)21(25)27-4-2/h6,8-13,17H,3-5,7H2,1-2H3. The summed E-state index contributed by atoms with van der Waals surface area (Å²) in [5.74, 6) is -0.699. The Morgan fingerprint density at radius 1 is 1.00 bits per heavy atom. The van der Waals surface area contributed by atoms with Crippen LogP contribution in [0.15, 0.2) is 42.7 Å². The Kier molecular flexibility index (Phi) is 5.96. The van der Waals surface area contributed by atoms with Gasteiger partial charge in [-0.3, -0.25) is 9.97 Å². The maximum Gasteiger partial charge on any atom is 0.338 e. The van der Waals surface area contributed by atoms with E-state index in [1.807, 2.05) is 0 Å². The van der Waals surface area contributed by atoms with Crippen LogP contribution in [-0.4, -0.2) is 35.1 Å². The number of ether oxygens (including phenoxy) is 2. The van der Waals surface area contributed by atoms with Crippen molar-refractivity contribution in [2.24, 2.45) is 0 Å². The summed E-state index contributed by atoms with van der Waals surface area (Å²) in [6, 6.07) is 6.82. The molecule has 0 radical (unpaired) electrons. The molecule has 1 atom stereocenters. The number of aromatic nitrogens is 2. The SMILES string of the molecule is CCOC(=O)c1ccnc(C2=CCCC2c2cc(C(=O)OCC)ccn2)c1. The zero-order chi connectivity index (χ0) is 19.2. The first kappa shape index (κ1) is 18.8. The van der Waals surface area contributed by atoms with Crippen LogP contribution in [0.5, 0.6) is 0 Å². The van der Waals surface area contributed by atoms with Gasteiger partial charge in [0.15, 0.2) is 0 Å². The number of nitrogens with zero attached hydrogens (tertiary/aromatic N) is 2. The van der Waals surface area contributed by atoms with Gasteiger partial charge >= 0.3 is 11.9 Å². The van der Waals surface area contributed by atoms with Gasteiger partial charge in [-0.15, -0.1) is 0 Å². The van der Waals surface area contributed by atoms with Crippen LogP contribution in [0.4, 0.5) is 0 Å². The number of hydrogen-bond donors (Lipinski definition) is 0. The van der Waals surface area contributed by atoms with Gasteiger partial charge in [0, 0.05) is 24.0 Å². The van der Waals surface area contributed by atoms with E-state index in [9.17, 15) is 9.59 Å². The largest absolute Gasteiger partial charge is 0.462 e. The number of hydrogen-bond acceptors (Lipinski definition) is 6. The van der Waals surface area contributed by atoms with Crippen molar-refractivity contribution >= 4 is 17.5 Å². The number of carbonyl (C=O) groups is 2. The van der Waals surface area contributed by atoms with Crippen LogP contribution >= 0.6 is 0 Å². The quantitative estimate of drug-likeness (QED) is 0.724. The second-order valence-corrected chi connectivity index (χ2v) is 6.13. The van der Waals surface area contributed by atoms with Crippen molar-refractivity contribution in [3.8, 4) is 0 Å². The van der Waals surface area contributed by atoms with Gasteiger partial charge in [-0.2, -0.15) is 0 Å². The van der Waals surface area contributed by atoms with Crippen molar-refractivity contribution in [1.29, 1.82) is 0 Å². The molecule has 6 heteroatoms. The third-order valence-corrected chi connectivity index (χ3v) is 4.41. The first-order valence-corrected chi connectivity index (χ1v) is 9.10. The van der Waals surface area contributed by atoms with E-state index >= 15 is 0 Å². The molecule has 2 aromatic rings. The number of pyridine rings is 2. The summed E-state index contributed by atoms with van der Waals surface area (Å²) in [7, 11) is 0. The Hall–Kier alpha value is -3.02. The van der Waals surface area contributed by atoms with Crippen LogP contribution in [0.2, 0.25) is 0 Å². The summed E-state index contributed by atoms with van der Waals surface area (Å²) in [5.41, 5.74) is 3.50. The molecule has 6 nitrogen and oxygen atoms in total. The predicted octanol–water partition coefficient (Wildman–Crippen LogP) is 3.79. The topological polar surface area (TPSA) is 78.4 Å². The summed E-state index contributed by atoms with van der Waals surface area (Å²) in [4.78, 5) is 32.9. The summed E-state index contributed by atoms with van der Waals surface area (Å²) in [5, 5.41) is 0. The highest BCUT2D eigenvalue weighted by molar-refractivity contribution is 5.91. The molecule has 0 bridgehead atoms. The first-order chi connectivity index (χ1) is 13.1. The molecule has 2 aromatic heterocycles. The van der Waals surface area contributed by atoms with Crippen molar-refractivity contribution < 1.29 is 19.1 Å². The molecule has 27 heavy (non-hydrogen) atoms. The molecule has 0 N–H and O–H groups in total. The Balaban J connectivity index is 1.88. The van der Waals surface area contributed by atoms with Crippen LogP contribution in [0.1, 0.15) is 64.7 Å². The van der Waals surface area contributed by atoms with E-state index in [-0.39, 0.29) is 17.9 Å². The highest BCUT2D eigenvalue weighted by atomic mass is 16.5. The van der Waals surface area contributed by atoms with Crippen LogP contribution in [0.3, 0.4) is 0 Å². The lowest BCUT2D eigenvalue weighted by Crippen LogP contribution is -2.09. The van der Waals surface area contributed by atoms with Gasteiger partial charge in [0.1, 0.15) is 0 Å². The van der Waals surface area contributed by atoms with Gasteiger partial charge in [0.25, 0.3) is 0 Å². The lowest BCUT2D eigenvalue weighted by atomic mass is 9.93. The third kappa shape index (κ3) is 4.22. The van der Waals surface area contributed by atoms with E-state index in [0.717, 1.165) is 29.8 Å². The minimum absolute atomic E-state index is 0.0179. The van der Waals surface area contributed by atoms with Gasteiger partial charge in [-0.25, -0.2) is 9.59 Å². The highest BCUT2D eigenvalue weighted by Crippen LogP contribution is 2.40. The molecule has 0 spiro atoms. The lowest BCUT2D eigenvalue weighted by Gasteiger charge is -2.15. The molecule has 0 aliphatic heterocycles. The Morgan fingerprint density at radius 3 is 2.30 bits per heavy atom. The maximum atomic E-state index is 12.0. The predicted molar refractivity (Wildman–Crippen MR) is 100 cm³/mol. The maximum absolute atomic E-state index is 12.0. The van der Waals surface area contributed by atoms with Gasteiger partial charge < -0.3 is 9.47 Å². The van der Waals surface area contributed by atoms with Crippen molar-refractivity contribution in [1.82, 2.24) is 9.97 Å². The average Bonchev–Trinajstić information content (AvgIpc) is 3.18. The van der Waals surface area contributed by atoms with Gasteiger partial charge in [0.05, 0.1) is 30.0 Å². The summed E-state index contributed by atoms with van der Waals surface area (Å²) < 4.78 is 10.1. The molecule has 0 saturated heterocycles. The van der Waals surface area contributed by atoms with Gasteiger partial charge in [-0.1, -0.05) is 6.08 Å². The first-order valence-electron chi connectivity index (χ1n) is 9.10. The second kappa shape index (κ2) is 8.58. The number of allylic oxidation sites excluding steroid dienone is 2. The second-order valence-electron chi connectivity index (χ2n) is 6.13. The van der Waals surface area contributed by atoms with Crippen LogP contribution in [-0.2, 0) is 9.47 Å². The monoisotopic (exact) mass is 366 g/mol. The molecular weight excluding hydrogens is 344 g/mol.